The molecule has 228 valence electrons. The molecule has 44 heavy (non-hydrogen) atoms. The molecule has 1 atom stereocenters. The van der Waals surface area contributed by atoms with Gasteiger partial charge in [-0.1, -0.05) is 78.3 Å². The summed E-state index contributed by atoms with van der Waals surface area (Å²) in [7, 11) is -2.74. The summed E-state index contributed by atoms with van der Waals surface area (Å²) in [5.41, 5.74) is 1.66. The minimum Gasteiger partial charge on any atom is -0.486 e. The van der Waals surface area contributed by atoms with E-state index >= 15 is 0 Å². The van der Waals surface area contributed by atoms with Crippen LogP contribution in [0.25, 0.3) is 0 Å². The minimum atomic E-state index is -4.24. The number of nitrogens with zero attached hydrogens (tertiary/aromatic N) is 2. The highest BCUT2D eigenvalue weighted by atomic mass is 35.5. The Morgan fingerprint density at radius 1 is 0.864 bits per heavy atom. The number of hydrogen-bond donors (Lipinski definition) is 1. The van der Waals surface area contributed by atoms with Crippen molar-refractivity contribution < 1.29 is 27.5 Å². The van der Waals surface area contributed by atoms with Gasteiger partial charge in [-0.2, -0.15) is 0 Å². The van der Waals surface area contributed by atoms with E-state index in [1.165, 1.54) is 24.1 Å². The average molecular weight is 634 g/mol. The molecule has 0 bridgehead atoms. The molecular formula is C33H32ClN3O6S. The van der Waals surface area contributed by atoms with Gasteiger partial charge < -0.3 is 19.7 Å². The molecule has 9 nitrogen and oxygen atoms in total. The lowest BCUT2D eigenvalue weighted by molar-refractivity contribution is -0.139. The Morgan fingerprint density at radius 3 is 2.18 bits per heavy atom. The largest absolute Gasteiger partial charge is 0.486 e. The Bertz CT molecular complexity index is 1720. The smallest absolute Gasteiger partial charge is 0.264 e. The van der Waals surface area contributed by atoms with Gasteiger partial charge in [-0.3, -0.25) is 13.9 Å². The van der Waals surface area contributed by atoms with E-state index in [-0.39, 0.29) is 23.5 Å². The molecule has 5 rings (SSSR count). The normalized spacial score (nSPS) is 13.0. The van der Waals surface area contributed by atoms with Crippen molar-refractivity contribution in [1.29, 1.82) is 0 Å². The van der Waals surface area contributed by atoms with Crippen LogP contribution in [0, 0.1) is 0 Å². The highest BCUT2D eigenvalue weighted by Gasteiger charge is 2.35. The van der Waals surface area contributed by atoms with Gasteiger partial charge in [0.25, 0.3) is 10.0 Å². The zero-order valence-electron chi connectivity index (χ0n) is 24.1. The van der Waals surface area contributed by atoms with Crippen molar-refractivity contribution in [3.8, 4) is 11.5 Å². The standard InChI is InChI=1S/C33H32ClN3O6S/c1-35-33(39)29(20-24-10-4-2-5-11-24)36(22-25-12-8-9-15-28(25)34)32(38)23-37(44(40,41)27-13-6-3-7-14-27)26-16-17-30-31(21-26)43-19-18-42-30/h2-17,21,29H,18-20,22-23H2,1H3,(H,35,39). The summed E-state index contributed by atoms with van der Waals surface area (Å²) in [5, 5.41) is 3.09. The Morgan fingerprint density at radius 2 is 1.50 bits per heavy atom. The number of carbonyl (C=O) groups is 2. The molecule has 4 aromatic carbocycles. The first-order valence-corrected chi connectivity index (χ1v) is 15.9. The number of ether oxygens (including phenoxy) is 2. The van der Waals surface area contributed by atoms with Crippen LogP contribution in [0.5, 0.6) is 11.5 Å². The van der Waals surface area contributed by atoms with Crippen LogP contribution < -0.4 is 19.1 Å². The van der Waals surface area contributed by atoms with E-state index in [4.69, 9.17) is 21.1 Å². The summed E-state index contributed by atoms with van der Waals surface area (Å²) in [5.74, 6) is -0.143. The number of sulfonamides is 1. The number of rotatable bonds is 11. The van der Waals surface area contributed by atoms with Crippen LogP contribution in [0.15, 0.2) is 108 Å². The molecule has 4 aromatic rings. The Balaban J connectivity index is 1.58. The monoisotopic (exact) mass is 633 g/mol. The maximum Gasteiger partial charge on any atom is 0.264 e. The van der Waals surface area contributed by atoms with Crippen molar-refractivity contribution in [2.24, 2.45) is 0 Å². The van der Waals surface area contributed by atoms with E-state index < -0.39 is 34.4 Å². The zero-order valence-corrected chi connectivity index (χ0v) is 25.6. The van der Waals surface area contributed by atoms with Gasteiger partial charge in [0.1, 0.15) is 25.8 Å². The molecule has 1 aliphatic heterocycles. The number of anilines is 1. The molecule has 1 heterocycles. The van der Waals surface area contributed by atoms with Crippen LogP contribution in [0.3, 0.4) is 0 Å². The van der Waals surface area contributed by atoms with Crippen molar-refractivity contribution in [1.82, 2.24) is 10.2 Å². The van der Waals surface area contributed by atoms with Gasteiger partial charge in [-0.05, 0) is 41.5 Å². The molecule has 0 spiro atoms. The van der Waals surface area contributed by atoms with E-state index in [0.29, 0.717) is 35.3 Å². The van der Waals surface area contributed by atoms with Crippen LogP contribution in [-0.4, -0.2) is 58.0 Å². The molecule has 0 aliphatic carbocycles. The number of nitrogens with one attached hydrogen (secondary N) is 1. The van der Waals surface area contributed by atoms with Gasteiger partial charge in [0.15, 0.2) is 11.5 Å². The maximum atomic E-state index is 14.4. The SMILES string of the molecule is CNC(=O)C(Cc1ccccc1)N(Cc1ccccc1Cl)C(=O)CN(c1ccc2c(c1)OCCO2)S(=O)(=O)c1ccccc1. The number of carbonyl (C=O) groups excluding carboxylic acids is 2. The number of halogens is 1. The minimum absolute atomic E-state index is 0.00693. The topological polar surface area (TPSA) is 105 Å². The first-order valence-electron chi connectivity index (χ1n) is 14.0. The van der Waals surface area contributed by atoms with E-state index in [1.807, 2.05) is 30.3 Å². The molecule has 0 saturated heterocycles. The fraction of sp³-hybridized carbons (Fsp3) is 0.212. The molecule has 1 aliphatic rings. The second-order valence-electron chi connectivity index (χ2n) is 10.1. The Labute approximate surface area is 262 Å². The molecular weight excluding hydrogens is 602 g/mol. The van der Waals surface area contributed by atoms with E-state index in [1.54, 1.807) is 60.7 Å². The third kappa shape index (κ3) is 6.98. The quantitative estimate of drug-likeness (QED) is 0.257. The lowest BCUT2D eigenvalue weighted by atomic mass is 10.0. The summed E-state index contributed by atoms with van der Waals surface area (Å²) in [6.45, 7) is 0.0588. The third-order valence-electron chi connectivity index (χ3n) is 7.24. The Hall–Kier alpha value is -4.54. The highest BCUT2D eigenvalue weighted by molar-refractivity contribution is 7.92. The van der Waals surface area contributed by atoms with Crippen molar-refractivity contribution in [3.63, 3.8) is 0 Å². The second-order valence-corrected chi connectivity index (χ2v) is 12.4. The zero-order chi connectivity index (χ0) is 31.1. The predicted octanol–water partition coefficient (Wildman–Crippen LogP) is 4.69. The molecule has 1 N–H and O–H groups in total. The van der Waals surface area contributed by atoms with E-state index in [9.17, 15) is 18.0 Å². The van der Waals surface area contributed by atoms with Crippen LogP contribution in [-0.2, 0) is 32.6 Å². The summed E-state index contributed by atoms with van der Waals surface area (Å²) in [6, 6.07) is 28.0. The molecule has 0 aromatic heterocycles. The number of benzene rings is 4. The van der Waals surface area contributed by atoms with Crippen LogP contribution in [0.4, 0.5) is 5.69 Å². The van der Waals surface area contributed by atoms with Crippen molar-refractivity contribution in [3.05, 3.63) is 119 Å². The molecule has 1 unspecified atom stereocenters. The number of fused-ring (bicyclic) bond motifs is 1. The number of amides is 2. The molecule has 2 amide bonds. The van der Waals surface area contributed by atoms with Gasteiger partial charge in [-0.25, -0.2) is 8.42 Å². The summed E-state index contributed by atoms with van der Waals surface area (Å²) < 4.78 is 40.6. The maximum absolute atomic E-state index is 14.4. The van der Waals surface area contributed by atoms with Crippen molar-refractivity contribution in [2.45, 2.75) is 23.9 Å². The molecule has 0 radical (unpaired) electrons. The fourth-order valence-corrected chi connectivity index (χ4v) is 6.59. The van der Waals surface area contributed by atoms with Crippen LogP contribution >= 0.6 is 11.6 Å². The first-order chi connectivity index (χ1) is 21.3. The Kier molecular flexibility index (Phi) is 9.72. The first kappa shape index (κ1) is 30.9. The summed E-state index contributed by atoms with van der Waals surface area (Å²) in [6.07, 6.45) is 0.201. The van der Waals surface area contributed by atoms with Gasteiger partial charge in [0, 0.05) is 31.1 Å². The van der Waals surface area contributed by atoms with E-state index in [0.717, 1.165) is 9.87 Å². The average Bonchev–Trinajstić information content (AvgIpc) is 3.06. The number of likely N-dealkylation sites (N-methyl/N-ethyl adjacent to an activating group) is 1. The fourth-order valence-electron chi connectivity index (χ4n) is 4.97. The van der Waals surface area contributed by atoms with Crippen molar-refractivity contribution in [2.75, 3.05) is 31.1 Å². The molecule has 0 saturated carbocycles. The highest BCUT2D eigenvalue weighted by Crippen LogP contribution is 2.36. The molecule has 11 heteroatoms. The van der Waals surface area contributed by atoms with Crippen LogP contribution in [0.2, 0.25) is 5.02 Å². The van der Waals surface area contributed by atoms with Crippen LogP contribution in [0.1, 0.15) is 11.1 Å². The number of hydrogen-bond acceptors (Lipinski definition) is 6. The van der Waals surface area contributed by atoms with Gasteiger partial charge in [0.2, 0.25) is 11.8 Å². The summed E-state index contributed by atoms with van der Waals surface area (Å²) >= 11 is 6.50. The predicted molar refractivity (Wildman–Crippen MR) is 168 cm³/mol. The van der Waals surface area contributed by atoms with Crippen molar-refractivity contribution >= 4 is 39.1 Å². The summed E-state index contributed by atoms with van der Waals surface area (Å²) in [4.78, 5) is 29.2. The van der Waals surface area contributed by atoms with E-state index in [2.05, 4.69) is 5.32 Å². The second kappa shape index (κ2) is 13.8. The lowest BCUT2D eigenvalue weighted by Crippen LogP contribution is -2.53. The van der Waals surface area contributed by atoms with Gasteiger partial charge >= 0.3 is 0 Å². The lowest BCUT2D eigenvalue weighted by Gasteiger charge is -2.34. The third-order valence-corrected chi connectivity index (χ3v) is 9.40. The van der Waals surface area contributed by atoms with Gasteiger partial charge in [0.05, 0.1) is 10.6 Å². The molecule has 0 fully saturated rings. The van der Waals surface area contributed by atoms with Gasteiger partial charge in [-0.15, -0.1) is 0 Å².